The van der Waals surface area contributed by atoms with Gasteiger partial charge in [0.2, 0.25) is 0 Å². The predicted octanol–water partition coefficient (Wildman–Crippen LogP) is 4.74. The van der Waals surface area contributed by atoms with E-state index in [1.54, 1.807) is 0 Å². The van der Waals surface area contributed by atoms with Crippen molar-refractivity contribution in [1.82, 2.24) is 9.97 Å². The fraction of sp³-hybridized carbons (Fsp3) is 0. The van der Waals surface area contributed by atoms with Gasteiger partial charge in [-0.15, -0.1) is 0 Å². The molecule has 9 rings (SSSR count). The maximum absolute atomic E-state index is 5.37. The zero-order chi connectivity index (χ0) is 27.6. The van der Waals surface area contributed by atoms with Gasteiger partial charge in [-0.05, 0) is 67.4 Å². The third-order valence-electron chi connectivity index (χ3n) is 8.57. The van der Waals surface area contributed by atoms with Crippen LogP contribution in [0.25, 0.3) is 87.4 Å². The molecular weight excluding hydrogens is 635 g/mol. The number of nitrogens with zero attached hydrogens (tertiary/aromatic N) is 2. The summed E-state index contributed by atoms with van der Waals surface area (Å²) in [5.74, 6) is 0. The molecule has 0 fully saturated rings. The zero-order valence-electron chi connectivity index (χ0n) is 23.9. The molecule has 2 aromatic heterocycles. The van der Waals surface area contributed by atoms with Crippen LogP contribution in [0.4, 0.5) is 0 Å². The normalized spacial score (nSPS) is 11.0. The molecule has 2 heterocycles. The van der Waals surface area contributed by atoms with Crippen molar-refractivity contribution in [2.24, 2.45) is 0 Å². The molecule has 0 aliphatic rings. The van der Waals surface area contributed by atoms with Crippen LogP contribution in [0.3, 0.4) is 0 Å². The van der Waals surface area contributed by atoms with Crippen molar-refractivity contribution in [2.45, 2.75) is 0 Å². The second-order valence-electron chi connectivity index (χ2n) is 11.0. The summed E-state index contributed by atoms with van der Waals surface area (Å²) in [6.07, 6.45) is 0. The molecule has 9 aromatic rings. The van der Waals surface area contributed by atoms with Crippen LogP contribution in [0, 0.1) is 0 Å². The van der Waals surface area contributed by atoms with Gasteiger partial charge in [-0.3, -0.25) is 0 Å². The molecule has 0 N–H and O–H groups in total. The van der Waals surface area contributed by atoms with Crippen molar-refractivity contribution in [3.8, 4) is 22.5 Å². The van der Waals surface area contributed by atoms with Crippen molar-refractivity contribution in [3.05, 3.63) is 146 Å². The summed E-state index contributed by atoms with van der Waals surface area (Å²) in [4.78, 5) is 10.7. The molecule has 0 atom stereocenters. The number of hydrogen-bond acceptors (Lipinski definition) is 2. The Balaban J connectivity index is 0.00000119. The molecule has 2 nitrogen and oxygen atoms in total. The number of fused-ring (bicyclic) bond motifs is 7. The first kappa shape index (κ1) is 30.5. The molecule has 45 heavy (non-hydrogen) atoms. The van der Waals surface area contributed by atoms with Crippen LogP contribution in [0.15, 0.2) is 146 Å². The SMILES string of the molecule is [Cl-].[Cl-].[Fe+2].c1ccc2c(-c3ccc4ccc5ccc(-c6c7ccccc7cc7ccccc67)nc5c4n3)c3ccccc3cc2c1. The number of aromatic nitrogens is 2. The summed E-state index contributed by atoms with van der Waals surface area (Å²) < 4.78 is 0. The summed E-state index contributed by atoms with van der Waals surface area (Å²) >= 11 is 0. The van der Waals surface area contributed by atoms with E-state index in [9.17, 15) is 0 Å². The predicted molar refractivity (Wildman–Crippen MR) is 178 cm³/mol. The molecule has 0 saturated carbocycles. The third-order valence-corrected chi connectivity index (χ3v) is 8.57. The van der Waals surface area contributed by atoms with Gasteiger partial charge in [0.15, 0.2) is 0 Å². The van der Waals surface area contributed by atoms with E-state index in [1.165, 1.54) is 54.2 Å². The monoisotopic (exact) mass is 658 g/mol. The summed E-state index contributed by atoms with van der Waals surface area (Å²) in [5.41, 5.74) is 6.11. The van der Waals surface area contributed by atoms with E-state index in [2.05, 4.69) is 146 Å². The maximum atomic E-state index is 5.37. The zero-order valence-corrected chi connectivity index (χ0v) is 26.5. The van der Waals surface area contributed by atoms with Crippen molar-refractivity contribution in [1.29, 1.82) is 0 Å². The van der Waals surface area contributed by atoms with Crippen LogP contribution >= 0.6 is 0 Å². The van der Waals surface area contributed by atoms with E-state index in [0.29, 0.717) is 0 Å². The number of rotatable bonds is 2. The van der Waals surface area contributed by atoms with Crippen LogP contribution < -0.4 is 24.8 Å². The Bertz CT molecular complexity index is 2260. The van der Waals surface area contributed by atoms with Gasteiger partial charge in [0.05, 0.1) is 22.4 Å². The minimum absolute atomic E-state index is 0. The number of benzene rings is 7. The summed E-state index contributed by atoms with van der Waals surface area (Å²) in [5, 5.41) is 11.9. The Labute approximate surface area is 283 Å². The van der Waals surface area contributed by atoms with E-state index >= 15 is 0 Å². The van der Waals surface area contributed by atoms with Crippen LogP contribution in [-0.2, 0) is 17.1 Å². The van der Waals surface area contributed by atoms with Gasteiger partial charge in [0.1, 0.15) is 0 Å². The van der Waals surface area contributed by atoms with Crippen molar-refractivity contribution in [2.75, 3.05) is 0 Å². The molecule has 0 amide bonds. The van der Waals surface area contributed by atoms with E-state index < -0.39 is 0 Å². The van der Waals surface area contributed by atoms with Crippen molar-refractivity contribution in [3.63, 3.8) is 0 Å². The molecular formula is C40H24Cl2FeN2. The average molecular weight is 659 g/mol. The van der Waals surface area contributed by atoms with Crippen LogP contribution in [0.5, 0.6) is 0 Å². The van der Waals surface area contributed by atoms with E-state index in [4.69, 9.17) is 9.97 Å². The molecule has 0 unspecified atom stereocenters. The molecule has 0 saturated heterocycles. The van der Waals surface area contributed by atoms with E-state index in [1.807, 2.05) is 0 Å². The van der Waals surface area contributed by atoms with Gasteiger partial charge >= 0.3 is 17.1 Å². The fourth-order valence-electron chi connectivity index (χ4n) is 6.63. The fourth-order valence-corrected chi connectivity index (χ4v) is 6.63. The number of pyridine rings is 2. The molecule has 0 bridgehead atoms. The molecule has 0 aliphatic carbocycles. The third kappa shape index (κ3) is 4.90. The Morgan fingerprint density at radius 2 is 0.600 bits per heavy atom. The molecule has 0 aliphatic heterocycles. The van der Waals surface area contributed by atoms with Crippen molar-refractivity contribution >= 4 is 64.9 Å². The number of hydrogen-bond donors (Lipinski definition) is 0. The van der Waals surface area contributed by atoms with Gasteiger partial charge in [0, 0.05) is 21.9 Å². The van der Waals surface area contributed by atoms with Gasteiger partial charge in [-0.1, -0.05) is 121 Å². The van der Waals surface area contributed by atoms with Gasteiger partial charge in [-0.25, -0.2) is 9.97 Å². The maximum Gasteiger partial charge on any atom is 2.00 e. The minimum Gasteiger partial charge on any atom is -1.00 e. The average Bonchev–Trinajstić information content (AvgIpc) is 3.05. The largest absolute Gasteiger partial charge is 2.00 e. The minimum atomic E-state index is 0. The topological polar surface area (TPSA) is 25.8 Å². The van der Waals surface area contributed by atoms with Gasteiger partial charge in [0.25, 0.3) is 0 Å². The van der Waals surface area contributed by atoms with Gasteiger partial charge in [-0.2, -0.15) is 0 Å². The van der Waals surface area contributed by atoms with Crippen LogP contribution in [-0.4, -0.2) is 9.97 Å². The summed E-state index contributed by atoms with van der Waals surface area (Å²) in [6, 6.07) is 51.9. The number of halogens is 2. The first-order valence-corrected chi connectivity index (χ1v) is 14.3. The van der Waals surface area contributed by atoms with Gasteiger partial charge < -0.3 is 24.8 Å². The molecule has 0 spiro atoms. The smallest absolute Gasteiger partial charge is 1.00 e. The molecule has 5 heteroatoms. The standard InChI is InChI=1S/C40H24N2.2ClH.Fe/c1-5-13-31-27(9-1)23-28-10-2-6-14-32(28)37(31)35-21-19-25-17-18-26-20-22-36(42-40(26)39(25)41-35)38-33-15-7-3-11-29(33)24-30-12-4-8-16-34(30)38;;;/h1-24H;2*1H;/q;;;+2/p-2. The van der Waals surface area contributed by atoms with Crippen molar-refractivity contribution < 1.29 is 41.9 Å². The Kier molecular flexibility index (Phi) is 8.22. The molecule has 216 valence electrons. The first-order valence-electron chi connectivity index (χ1n) is 14.3. The Morgan fingerprint density at radius 3 is 0.933 bits per heavy atom. The molecule has 0 radical (unpaired) electrons. The van der Waals surface area contributed by atoms with Crippen LogP contribution in [0.1, 0.15) is 0 Å². The van der Waals surface area contributed by atoms with E-state index in [-0.39, 0.29) is 41.9 Å². The second kappa shape index (κ2) is 12.1. The van der Waals surface area contributed by atoms with E-state index in [0.717, 1.165) is 33.2 Å². The second-order valence-corrected chi connectivity index (χ2v) is 11.0. The quantitative estimate of drug-likeness (QED) is 0.153. The Hall–Kier alpha value is -4.50. The summed E-state index contributed by atoms with van der Waals surface area (Å²) in [6.45, 7) is 0. The molecule has 7 aromatic carbocycles. The Morgan fingerprint density at radius 1 is 0.311 bits per heavy atom. The summed E-state index contributed by atoms with van der Waals surface area (Å²) in [7, 11) is 0. The van der Waals surface area contributed by atoms with Crippen LogP contribution in [0.2, 0.25) is 0 Å². The first-order chi connectivity index (χ1) is 20.8.